The van der Waals surface area contributed by atoms with Crippen LogP contribution in [0.5, 0.6) is 5.75 Å². The molecule has 0 aliphatic heterocycles. The maximum atomic E-state index is 12.3. The number of ether oxygens (including phenoxy) is 1. The van der Waals surface area contributed by atoms with Crippen molar-refractivity contribution < 1.29 is 4.74 Å². The number of methoxy groups -OCH3 is 1. The molecule has 3 aromatic rings. The summed E-state index contributed by atoms with van der Waals surface area (Å²) >= 11 is 0. The molecule has 0 saturated carbocycles. The summed E-state index contributed by atoms with van der Waals surface area (Å²) in [7, 11) is 1.64. The first kappa shape index (κ1) is 14.2. The molecule has 0 atom stereocenters. The summed E-state index contributed by atoms with van der Waals surface area (Å²) in [5.74, 6) is 0.816. The van der Waals surface area contributed by atoms with Gasteiger partial charge in [0.25, 0.3) is 5.56 Å². The van der Waals surface area contributed by atoms with E-state index >= 15 is 0 Å². The average Bonchev–Trinajstić information content (AvgIpc) is 2.84. The van der Waals surface area contributed by atoms with Gasteiger partial charge in [-0.3, -0.25) is 14.6 Å². The van der Waals surface area contributed by atoms with Crippen LogP contribution in [0.25, 0.3) is 5.69 Å². The van der Waals surface area contributed by atoms with Crippen LogP contribution in [0.4, 0.5) is 0 Å². The summed E-state index contributed by atoms with van der Waals surface area (Å²) in [5.41, 5.74) is 3.72. The molecule has 2 aromatic carbocycles. The van der Waals surface area contributed by atoms with Gasteiger partial charge in [0.15, 0.2) is 0 Å². The third-order valence-corrected chi connectivity index (χ3v) is 3.81. The Balaban J connectivity index is 1.94. The minimum atomic E-state index is -0.0443. The predicted molar refractivity (Wildman–Crippen MR) is 86.9 cm³/mol. The number of hydrogen-bond acceptors (Lipinski definition) is 2. The van der Waals surface area contributed by atoms with Crippen molar-refractivity contribution in [2.24, 2.45) is 0 Å². The molecular formula is C18H18N2O2. The lowest BCUT2D eigenvalue weighted by Crippen LogP contribution is -2.07. The molecule has 0 unspecified atom stereocenters. The van der Waals surface area contributed by atoms with Gasteiger partial charge in [0.05, 0.1) is 12.8 Å². The number of nitrogens with zero attached hydrogens (tertiary/aromatic N) is 1. The first-order valence-electron chi connectivity index (χ1n) is 7.18. The van der Waals surface area contributed by atoms with Crippen LogP contribution in [0.2, 0.25) is 0 Å². The average molecular weight is 294 g/mol. The Labute approximate surface area is 129 Å². The number of para-hydroxylation sites is 1. The Bertz CT molecular complexity index is 815. The highest BCUT2D eigenvalue weighted by Gasteiger charge is 2.12. The van der Waals surface area contributed by atoms with E-state index in [-0.39, 0.29) is 5.56 Å². The molecule has 0 spiro atoms. The molecule has 1 aromatic heterocycles. The van der Waals surface area contributed by atoms with Gasteiger partial charge in [0.2, 0.25) is 0 Å². The summed E-state index contributed by atoms with van der Waals surface area (Å²) in [5, 5.41) is 2.91. The highest BCUT2D eigenvalue weighted by molar-refractivity contribution is 5.37. The molecule has 0 fully saturated rings. The van der Waals surface area contributed by atoms with Crippen molar-refractivity contribution in [2.45, 2.75) is 13.3 Å². The van der Waals surface area contributed by atoms with E-state index in [0.29, 0.717) is 6.42 Å². The second-order valence-electron chi connectivity index (χ2n) is 5.20. The van der Waals surface area contributed by atoms with E-state index in [2.05, 4.69) is 5.10 Å². The molecule has 0 radical (unpaired) electrons. The summed E-state index contributed by atoms with van der Waals surface area (Å²) in [6.07, 6.45) is 0.602. The highest BCUT2D eigenvalue weighted by Crippen LogP contribution is 2.17. The molecule has 22 heavy (non-hydrogen) atoms. The smallest absolute Gasteiger partial charge is 0.268 e. The lowest BCUT2D eigenvalue weighted by Gasteiger charge is -2.06. The van der Waals surface area contributed by atoms with Crippen LogP contribution >= 0.6 is 0 Å². The second-order valence-corrected chi connectivity index (χ2v) is 5.20. The van der Waals surface area contributed by atoms with Crippen LogP contribution in [-0.2, 0) is 6.42 Å². The molecule has 112 valence electrons. The van der Waals surface area contributed by atoms with E-state index in [9.17, 15) is 4.79 Å². The van der Waals surface area contributed by atoms with Crippen molar-refractivity contribution in [3.05, 3.63) is 81.8 Å². The lowest BCUT2D eigenvalue weighted by atomic mass is 10.1. The summed E-state index contributed by atoms with van der Waals surface area (Å²) in [6.45, 7) is 1.96. The van der Waals surface area contributed by atoms with Crippen LogP contribution in [-0.4, -0.2) is 16.9 Å². The molecule has 4 nitrogen and oxygen atoms in total. The van der Waals surface area contributed by atoms with E-state index in [0.717, 1.165) is 28.3 Å². The Hall–Kier alpha value is -2.75. The fourth-order valence-corrected chi connectivity index (χ4v) is 2.54. The van der Waals surface area contributed by atoms with Crippen molar-refractivity contribution >= 4 is 0 Å². The van der Waals surface area contributed by atoms with Gasteiger partial charge in [0, 0.05) is 17.7 Å². The molecule has 0 bridgehead atoms. The van der Waals surface area contributed by atoms with Crippen LogP contribution in [0.3, 0.4) is 0 Å². The van der Waals surface area contributed by atoms with Crippen molar-refractivity contribution in [3.8, 4) is 11.4 Å². The largest absolute Gasteiger partial charge is 0.497 e. The van der Waals surface area contributed by atoms with Gasteiger partial charge in [-0.1, -0.05) is 30.3 Å². The number of nitrogens with one attached hydrogen (secondary N) is 1. The quantitative estimate of drug-likeness (QED) is 0.804. The number of benzene rings is 2. The van der Waals surface area contributed by atoms with E-state index in [1.54, 1.807) is 7.11 Å². The molecule has 0 aliphatic carbocycles. The minimum absolute atomic E-state index is 0.0443. The van der Waals surface area contributed by atoms with Crippen molar-refractivity contribution in [3.63, 3.8) is 0 Å². The fourth-order valence-electron chi connectivity index (χ4n) is 2.54. The van der Waals surface area contributed by atoms with Crippen LogP contribution in [0.1, 0.15) is 16.8 Å². The number of aromatic nitrogens is 2. The zero-order valence-corrected chi connectivity index (χ0v) is 12.7. The van der Waals surface area contributed by atoms with Crippen molar-refractivity contribution in [1.82, 2.24) is 9.78 Å². The van der Waals surface area contributed by atoms with Gasteiger partial charge in [-0.15, -0.1) is 0 Å². The van der Waals surface area contributed by atoms with Gasteiger partial charge in [-0.2, -0.15) is 0 Å². The lowest BCUT2D eigenvalue weighted by molar-refractivity contribution is 0.414. The van der Waals surface area contributed by atoms with Crippen molar-refractivity contribution in [2.75, 3.05) is 7.11 Å². The Kier molecular flexibility index (Phi) is 3.83. The minimum Gasteiger partial charge on any atom is -0.497 e. The van der Waals surface area contributed by atoms with Gasteiger partial charge in [-0.05, 0) is 36.8 Å². The molecular weight excluding hydrogens is 276 g/mol. The number of rotatable bonds is 4. The molecule has 0 saturated heterocycles. The molecule has 3 rings (SSSR count). The first-order valence-corrected chi connectivity index (χ1v) is 7.18. The van der Waals surface area contributed by atoms with Gasteiger partial charge >= 0.3 is 0 Å². The molecule has 0 aliphatic rings. The Morgan fingerprint density at radius 1 is 1.05 bits per heavy atom. The summed E-state index contributed by atoms with van der Waals surface area (Å²) in [6, 6.07) is 17.6. The van der Waals surface area contributed by atoms with E-state index in [4.69, 9.17) is 4.74 Å². The normalized spacial score (nSPS) is 10.6. The van der Waals surface area contributed by atoms with Crippen molar-refractivity contribution in [1.29, 1.82) is 0 Å². The molecule has 1 heterocycles. The monoisotopic (exact) mass is 294 g/mol. The van der Waals surface area contributed by atoms with Gasteiger partial charge in [-0.25, -0.2) is 0 Å². The van der Waals surface area contributed by atoms with Gasteiger partial charge < -0.3 is 4.74 Å². The van der Waals surface area contributed by atoms with Gasteiger partial charge in [0.1, 0.15) is 5.75 Å². The third-order valence-electron chi connectivity index (χ3n) is 3.81. The predicted octanol–water partition coefficient (Wildman–Crippen LogP) is 3.07. The van der Waals surface area contributed by atoms with E-state index in [1.807, 2.05) is 66.2 Å². The maximum absolute atomic E-state index is 12.3. The standard InChI is InChI=1S/C18H18N2O2/c1-13-17(12-14-8-10-16(22-2)11-9-14)18(21)19-20(13)15-6-4-3-5-7-15/h3-11H,12H2,1-2H3,(H,19,21). The fraction of sp³-hybridized carbons (Fsp3) is 0.167. The third kappa shape index (κ3) is 2.68. The van der Waals surface area contributed by atoms with E-state index in [1.165, 1.54) is 0 Å². The van der Waals surface area contributed by atoms with Crippen LogP contribution in [0, 0.1) is 6.92 Å². The number of H-pyrrole nitrogens is 1. The topological polar surface area (TPSA) is 47.0 Å². The first-order chi connectivity index (χ1) is 10.7. The Morgan fingerprint density at radius 3 is 2.36 bits per heavy atom. The Morgan fingerprint density at radius 2 is 1.73 bits per heavy atom. The highest BCUT2D eigenvalue weighted by atomic mass is 16.5. The number of aromatic amines is 1. The zero-order valence-electron chi connectivity index (χ0n) is 12.7. The maximum Gasteiger partial charge on any atom is 0.268 e. The SMILES string of the molecule is COc1ccc(Cc2c(C)n(-c3ccccc3)[nH]c2=O)cc1. The zero-order chi connectivity index (χ0) is 15.5. The van der Waals surface area contributed by atoms with E-state index < -0.39 is 0 Å². The molecule has 1 N–H and O–H groups in total. The second kappa shape index (κ2) is 5.93. The van der Waals surface area contributed by atoms with Crippen LogP contribution < -0.4 is 10.3 Å². The summed E-state index contributed by atoms with van der Waals surface area (Å²) < 4.78 is 6.99. The molecule has 4 heteroatoms. The van der Waals surface area contributed by atoms with Crippen LogP contribution in [0.15, 0.2) is 59.4 Å². The summed E-state index contributed by atoms with van der Waals surface area (Å²) in [4.78, 5) is 12.3. The number of hydrogen-bond donors (Lipinski definition) is 1. The molecule has 0 amide bonds.